The number of rotatable bonds is 21. The van der Waals surface area contributed by atoms with E-state index in [1.807, 2.05) is 72.8 Å². The van der Waals surface area contributed by atoms with E-state index in [4.69, 9.17) is 28.4 Å². The quantitative estimate of drug-likeness (QED) is 0.0638. The molecule has 2 aliphatic heterocycles. The van der Waals surface area contributed by atoms with E-state index in [1.54, 1.807) is 0 Å². The van der Waals surface area contributed by atoms with E-state index in [0.717, 1.165) is 120 Å². The molecular formula is C46H50O6. The van der Waals surface area contributed by atoms with E-state index in [9.17, 15) is 0 Å². The van der Waals surface area contributed by atoms with Crippen molar-refractivity contribution >= 4 is 0 Å². The lowest BCUT2D eigenvalue weighted by Gasteiger charge is -2.38. The number of benzene rings is 4. The summed E-state index contributed by atoms with van der Waals surface area (Å²) in [6.45, 7) is 17.7. The summed E-state index contributed by atoms with van der Waals surface area (Å²) in [7, 11) is 0. The Morgan fingerprint density at radius 1 is 0.404 bits per heavy atom. The number of fused-ring (bicyclic) bond motifs is 4. The van der Waals surface area contributed by atoms with E-state index < -0.39 is 0 Å². The van der Waals surface area contributed by atoms with E-state index in [1.165, 1.54) is 0 Å². The van der Waals surface area contributed by atoms with Gasteiger partial charge in [-0.15, -0.1) is 26.3 Å². The van der Waals surface area contributed by atoms with Crippen molar-refractivity contribution in [2.75, 3.05) is 26.4 Å². The Bertz CT molecular complexity index is 1590. The minimum atomic E-state index is -0.108. The maximum Gasteiger partial charge on any atom is 0.134 e. The maximum absolute atomic E-state index is 6.70. The van der Waals surface area contributed by atoms with Gasteiger partial charge in [-0.3, -0.25) is 0 Å². The third-order valence-corrected chi connectivity index (χ3v) is 9.34. The van der Waals surface area contributed by atoms with Gasteiger partial charge in [0.2, 0.25) is 0 Å². The van der Waals surface area contributed by atoms with Crippen LogP contribution in [0.2, 0.25) is 0 Å². The van der Waals surface area contributed by atoms with Crippen molar-refractivity contribution in [3.05, 3.63) is 146 Å². The molecule has 0 amide bonds. The van der Waals surface area contributed by atoms with Crippen LogP contribution < -0.4 is 28.4 Å². The van der Waals surface area contributed by atoms with Crippen molar-refractivity contribution in [1.29, 1.82) is 0 Å². The third kappa shape index (κ3) is 8.74. The molecule has 4 aromatic rings. The van der Waals surface area contributed by atoms with E-state index in [-0.39, 0.29) is 11.8 Å². The standard InChI is InChI=1S/C46H50O6/c1-5-9-13-25-47-33-17-21-37-41(29-33)51-42-30-34(48-26-14-10-6-2)18-22-38(42)45(37)46-39-23-19-35(49-27-15-11-7-3)31-43(39)52-44-32-36(20-24-40(44)46)50-28-16-12-8-4/h5-8,17-24,29-32,45-46H,1-4,9-16,25-28H2. The zero-order valence-corrected chi connectivity index (χ0v) is 30.2. The van der Waals surface area contributed by atoms with Gasteiger partial charge in [-0.05, 0) is 75.6 Å². The van der Waals surface area contributed by atoms with Gasteiger partial charge in [0.25, 0.3) is 0 Å². The van der Waals surface area contributed by atoms with Gasteiger partial charge in [0.1, 0.15) is 46.0 Å². The Morgan fingerprint density at radius 2 is 0.654 bits per heavy atom. The molecule has 0 saturated heterocycles. The van der Waals surface area contributed by atoms with Crippen molar-refractivity contribution in [2.24, 2.45) is 0 Å². The Hall–Kier alpha value is -5.36. The van der Waals surface area contributed by atoms with Crippen molar-refractivity contribution in [3.8, 4) is 46.0 Å². The predicted octanol–water partition coefficient (Wildman–Crippen LogP) is 12.2. The lowest BCUT2D eigenvalue weighted by atomic mass is 9.71. The van der Waals surface area contributed by atoms with E-state index >= 15 is 0 Å². The molecule has 0 radical (unpaired) electrons. The zero-order valence-electron chi connectivity index (χ0n) is 30.2. The molecule has 6 heteroatoms. The SMILES string of the molecule is C=CCCCOc1ccc2c(c1)Oc1cc(OCCCC=C)ccc1C2C1c2ccc(OCCCC=C)cc2Oc2cc(OCCCC=C)ccc21. The average Bonchev–Trinajstić information content (AvgIpc) is 3.16. The van der Waals surface area contributed by atoms with Crippen LogP contribution in [0.15, 0.2) is 123 Å². The summed E-state index contributed by atoms with van der Waals surface area (Å²) in [4.78, 5) is 0. The van der Waals surface area contributed by atoms with Crippen LogP contribution in [0.1, 0.15) is 85.5 Å². The van der Waals surface area contributed by atoms with Crippen LogP contribution in [0, 0.1) is 0 Å². The van der Waals surface area contributed by atoms with E-state index in [2.05, 4.69) is 50.6 Å². The molecule has 2 heterocycles. The van der Waals surface area contributed by atoms with Crippen LogP contribution >= 0.6 is 0 Å². The van der Waals surface area contributed by atoms with Crippen molar-refractivity contribution < 1.29 is 28.4 Å². The van der Waals surface area contributed by atoms with Crippen LogP contribution in [-0.2, 0) is 0 Å². The number of hydrogen-bond acceptors (Lipinski definition) is 6. The van der Waals surface area contributed by atoms with Crippen molar-refractivity contribution in [1.82, 2.24) is 0 Å². The molecule has 6 rings (SSSR count). The Labute approximate surface area is 309 Å². The first-order valence-corrected chi connectivity index (χ1v) is 18.5. The largest absolute Gasteiger partial charge is 0.493 e. The molecule has 0 bridgehead atoms. The lowest BCUT2D eigenvalue weighted by Crippen LogP contribution is -2.22. The van der Waals surface area contributed by atoms with Crippen LogP contribution in [0.25, 0.3) is 0 Å². The van der Waals surface area contributed by atoms with Gasteiger partial charge in [0, 0.05) is 58.4 Å². The highest BCUT2D eigenvalue weighted by Gasteiger charge is 2.40. The molecular weight excluding hydrogens is 649 g/mol. The van der Waals surface area contributed by atoms with Crippen LogP contribution in [0.3, 0.4) is 0 Å². The third-order valence-electron chi connectivity index (χ3n) is 9.34. The van der Waals surface area contributed by atoms with Crippen LogP contribution in [-0.4, -0.2) is 26.4 Å². The van der Waals surface area contributed by atoms with Gasteiger partial charge >= 0.3 is 0 Å². The topological polar surface area (TPSA) is 55.4 Å². The van der Waals surface area contributed by atoms with Gasteiger partial charge in [-0.1, -0.05) is 48.6 Å². The van der Waals surface area contributed by atoms with Crippen LogP contribution in [0.4, 0.5) is 0 Å². The first kappa shape index (κ1) is 36.4. The number of unbranched alkanes of at least 4 members (excludes halogenated alkanes) is 4. The highest BCUT2D eigenvalue weighted by atomic mass is 16.5. The fraction of sp³-hybridized carbons (Fsp3) is 0.304. The molecule has 270 valence electrons. The predicted molar refractivity (Wildman–Crippen MR) is 209 cm³/mol. The van der Waals surface area contributed by atoms with Crippen molar-refractivity contribution in [2.45, 2.75) is 63.2 Å². The second-order valence-corrected chi connectivity index (χ2v) is 13.1. The first-order valence-electron chi connectivity index (χ1n) is 18.5. The zero-order chi connectivity index (χ0) is 36.1. The highest BCUT2D eigenvalue weighted by molar-refractivity contribution is 5.65. The van der Waals surface area contributed by atoms with Gasteiger partial charge < -0.3 is 28.4 Å². The van der Waals surface area contributed by atoms with Crippen LogP contribution in [0.5, 0.6) is 46.0 Å². The molecule has 52 heavy (non-hydrogen) atoms. The Kier molecular flexibility index (Phi) is 12.8. The summed E-state index contributed by atoms with van der Waals surface area (Å²) < 4.78 is 38.0. The van der Waals surface area contributed by atoms with Gasteiger partial charge in [-0.25, -0.2) is 0 Å². The minimum Gasteiger partial charge on any atom is -0.493 e. The summed E-state index contributed by atoms with van der Waals surface area (Å²) in [5.41, 5.74) is 4.29. The summed E-state index contributed by atoms with van der Waals surface area (Å²) in [6, 6.07) is 24.8. The smallest absolute Gasteiger partial charge is 0.134 e. The molecule has 0 spiro atoms. The average molecular weight is 699 g/mol. The molecule has 0 fully saturated rings. The summed E-state index contributed by atoms with van der Waals surface area (Å²) >= 11 is 0. The first-order chi connectivity index (χ1) is 25.6. The second kappa shape index (κ2) is 18.2. The normalized spacial score (nSPS) is 12.8. The molecule has 4 aromatic carbocycles. The molecule has 0 unspecified atom stereocenters. The Balaban J connectivity index is 1.42. The lowest BCUT2D eigenvalue weighted by molar-refractivity contribution is 0.305. The molecule has 0 aliphatic carbocycles. The molecule has 0 atom stereocenters. The fourth-order valence-corrected chi connectivity index (χ4v) is 6.76. The summed E-state index contributed by atoms with van der Waals surface area (Å²) in [6.07, 6.45) is 14.9. The van der Waals surface area contributed by atoms with Gasteiger partial charge in [0.15, 0.2) is 0 Å². The summed E-state index contributed by atoms with van der Waals surface area (Å²) in [5.74, 6) is 5.92. The van der Waals surface area contributed by atoms with Crippen molar-refractivity contribution in [3.63, 3.8) is 0 Å². The van der Waals surface area contributed by atoms with E-state index in [0.29, 0.717) is 26.4 Å². The molecule has 2 aliphatic rings. The highest BCUT2D eigenvalue weighted by Crippen LogP contribution is 2.58. The second-order valence-electron chi connectivity index (χ2n) is 13.1. The molecule has 0 aromatic heterocycles. The number of ether oxygens (including phenoxy) is 6. The van der Waals surface area contributed by atoms with Gasteiger partial charge in [0.05, 0.1) is 26.4 Å². The molecule has 6 nitrogen and oxygen atoms in total. The molecule has 0 N–H and O–H groups in total. The summed E-state index contributed by atoms with van der Waals surface area (Å²) in [5, 5.41) is 0. The maximum atomic E-state index is 6.70. The number of allylic oxidation sites excluding steroid dienone is 4. The Morgan fingerprint density at radius 3 is 0.885 bits per heavy atom. The fourth-order valence-electron chi connectivity index (χ4n) is 6.76. The number of hydrogen-bond donors (Lipinski definition) is 0. The minimum absolute atomic E-state index is 0.108. The molecule has 0 saturated carbocycles. The van der Waals surface area contributed by atoms with Gasteiger partial charge in [-0.2, -0.15) is 0 Å². The monoisotopic (exact) mass is 698 g/mol.